The highest BCUT2D eigenvalue weighted by molar-refractivity contribution is 5.87. The molecule has 0 aromatic carbocycles. The topological polar surface area (TPSA) is 43.1 Å². The Kier molecular flexibility index (Phi) is 1.24. The van der Waals surface area contributed by atoms with Gasteiger partial charge in [0.15, 0.2) is 5.82 Å². The minimum atomic E-state index is 0.785. The van der Waals surface area contributed by atoms with Gasteiger partial charge in [-0.15, -0.1) is 0 Å². The van der Waals surface area contributed by atoms with E-state index in [1.54, 1.807) is 6.33 Å². The molecule has 64 valence electrons. The summed E-state index contributed by atoms with van der Waals surface area (Å²) in [7, 11) is 0. The molecule has 3 rings (SSSR count). The normalized spacial score (nSPS) is 14.8. The van der Waals surface area contributed by atoms with E-state index in [0.717, 1.165) is 29.8 Å². The van der Waals surface area contributed by atoms with Crippen molar-refractivity contribution in [2.45, 2.75) is 13.0 Å². The van der Waals surface area contributed by atoms with Gasteiger partial charge in [-0.05, 0) is 6.07 Å². The van der Waals surface area contributed by atoms with E-state index in [9.17, 15) is 0 Å². The number of nitrogens with zero attached hydrogens (tertiary/aromatic N) is 4. The molecule has 4 heteroatoms. The molecule has 0 aliphatic carbocycles. The molecule has 2 aromatic rings. The quantitative estimate of drug-likeness (QED) is 0.605. The Balaban J connectivity index is 2.48. The molecule has 0 spiro atoms. The van der Waals surface area contributed by atoms with Gasteiger partial charge in [-0.2, -0.15) is 0 Å². The molecule has 4 nitrogen and oxygen atoms in total. The Hall–Kier alpha value is -1.71. The number of rotatable bonds is 0. The number of aliphatic imine (C=N–C) groups is 1. The predicted octanol–water partition coefficient (Wildman–Crippen LogP) is 1.54. The molecule has 0 atom stereocenters. The van der Waals surface area contributed by atoms with E-state index >= 15 is 0 Å². The standard InChI is InChI=1S/C9H8N4/c1-3-10-9-8-7(11-6-12-9)2-5-13(8)4-1/h2-3,5-6H,1,4H2. The van der Waals surface area contributed by atoms with E-state index in [4.69, 9.17) is 0 Å². The van der Waals surface area contributed by atoms with Crippen molar-refractivity contribution in [3.05, 3.63) is 18.6 Å². The monoisotopic (exact) mass is 172 g/mol. The van der Waals surface area contributed by atoms with Crippen LogP contribution in [0.3, 0.4) is 0 Å². The maximum absolute atomic E-state index is 4.28. The van der Waals surface area contributed by atoms with Crippen LogP contribution in [0.1, 0.15) is 6.42 Å². The molecule has 0 radical (unpaired) electrons. The minimum absolute atomic E-state index is 0.785. The zero-order valence-corrected chi connectivity index (χ0v) is 7.01. The molecular formula is C9H8N4. The van der Waals surface area contributed by atoms with E-state index < -0.39 is 0 Å². The molecular weight excluding hydrogens is 164 g/mol. The van der Waals surface area contributed by atoms with Gasteiger partial charge in [-0.3, -0.25) is 0 Å². The fourth-order valence-corrected chi connectivity index (χ4v) is 1.64. The second kappa shape index (κ2) is 2.39. The van der Waals surface area contributed by atoms with Gasteiger partial charge in [0, 0.05) is 25.4 Å². The van der Waals surface area contributed by atoms with Gasteiger partial charge in [0.25, 0.3) is 0 Å². The number of aryl methyl sites for hydroxylation is 1. The number of hydrogen-bond donors (Lipinski definition) is 0. The van der Waals surface area contributed by atoms with Crippen LogP contribution < -0.4 is 0 Å². The van der Waals surface area contributed by atoms with E-state index in [-0.39, 0.29) is 0 Å². The van der Waals surface area contributed by atoms with Crippen molar-refractivity contribution in [2.24, 2.45) is 4.99 Å². The van der Waals surface area contributed by atoms with Crippen LogP contribution in [0.2, 0.25) is 0 Å². The summed E-state index contributed by atoms with van der Waals surface area (Å²) in [5.41, 5.74) is 2.03. The fraction of sp³-hybridized carbons (Fsp3) is 0.222. The van der Waals surface area contributed by atoms with Gasteiger partial charge >= 0.3 is 0 Å². The third-order valence-electron chi connectivity index (χ3n) is 2.24. The van der Waals surface area contributed by atoms with Gasteiger partial charge in [0.05, 0.1) is 5.52 Å². The predicted molar refractivity (Wildman–Crippen MR) is 50.3 cm³/mol. The Morgan fingerprint density at radius 1 is 1.31 bits per heavy atom. The molecule has 1 aliphatic heterocycles. The summed E-state index contributed by atoms with van der Waals surface area (Å²) >= 11 is 0. The van der Waals surface area contributed by atoms with Gasteiger partial charge in [-0.25, -0.2) is 15.0 Å². The molecule has 0 saturated carbocycles. The summed E-state index contributed by atoms with van der Waals surface area (Å²) in [6, 6.07) is 2.00. The van der Waals surface area contributed by atoms with Crippen molar-refractivity contribution < 1.29 is 0 Å². The average Bonchev–Trinajstić information content (AvgIpc) is 2.44. The fourth-order valence-electron chi connectivity index (χ4n) is 1.64. The van der Waals surface area contributed by atoms with E-state index in [1.807, 2.05) is 18.5 Å². The average molecular weight is 172 g/mol. The van der Waals surface area contributed by atoms with Gasteiger partial charge in [0.1, 0.15) is 11.8 Å². The molecule has 0 saturated heterocycles. The van der Waals surface area contributed by atoms with Crippen LogP contribution in [0.15, 0.2) is 23.6 Å². The second-order valence-corrected chi connectivity index (χ2v) is 3.04. The van der Waals surface area contributed by atoms with Crippen molar-refractivity contribution in [2.75, 3.05) is 0 Å². The first-order valence-corrected chi connectivity index (χ1v) is 4.27. The van der Waals surface area contributed by atoms with Crippen molar-refractivity contribution in [1.29, 1.82) is 0 Å². The highest BCUT2D eigenvalue weighted by Crippen LogP contribution is 2.24. The lowest BCUT2D eigenvalue weighted by Gasteiger charge is -1.99. The molecule has 1 aliphatic rings. The first kappa shape index (κ1) is 6.77. The lowest BCUT2D eigenvalue weighted by Crippen LogP contribution is -1.94. The van der Waals surface area contributed by atoms with Crippen LogP contribution in [-0.2, 0) is 6.54 Å². The van der Waals surface area contributed by atoms with E-state index in [1.165, 1.54) is 0 Å². The smallest absolute Gasteiger partial charge is 0.179 e. The van der Waals surface area contributed by atoms with E-state index in [2.05, 4.69) is 19.5 Å². The lowest BCUT2D eigenvalue weighted by atomic mass is 10.4. The Morgan fingerprint density at radius 2 is 2.31 bits per heavy atom. The number of aromatic nitrogens is 3. The molecule has 0 bridgehead atoms. The van der Waals surface area contributed by atoms with Crippen molar-refractivity contribution in [3.63, 3.8) is 0 Å². The Bertz CT molecular complexity index is 483. The van der Waals surface area contributed by atoms with Crippen molar-refractivity contribution >= 4 is 23.1 Å². The molecule has 0 fully saturated rings. The molecule has 3 heterocycles. The molecule has 13 heavy (non-hydrogen) atoms. The highest BCUT2D eigenvalue weighted by Gasteiger charge is 2.09. The largest absolute Gasteiger partial charge is 0.343 e. The summed E-state index contributed by atoms with van der Waals surface area (Å²) in [4.78, 5) is 12.6. The zero-order chi connectivity index (χ0) is 8.67. The van der Waals surface area contributed by atoms with Crippen LogP contribution in [-0.4, -0.2) is 20.7 Å². The molecule has 2 aromatic heterocycles. The van der Waals surface area contributed by atoms with Crippen LogP contribution in [0, 0.1) is 0 Å². The van der Waals surface area contributed by atoms with Crippen molar-refractivity contribution in [1.82, 2.24) is 14.5 Å². The van der Waals surface area contributed by atoms with E-state index in [0.29, 0.717) is 0 Å². The summed E-state index contributed by atoms with van der Waals surface area (Å²) in [6.45, 7) is 0.966. The third-order valence-corrected chi connectivity index (χ3v) is 2.24. The van der Waals surface area contributed by atoms with Gasteiger partial charge < -0.3 is 4.57 Å². The minimum Gasteiger partial charge on any atom is -0.343 e. The molecule has 0 N–H and O–H groups in total. The lowest BCUT2D eigenvalue weighted by molar-refractivity contribution is 0.765. The maximum atomic E-state index is 4.28. The van der Waals surface area contributed by atoms with Crippen LogP contribution >= 0.6 is 0 Å². The van der Waals surface area contributed by atoms with Crippen molar-refractivity contribution in [3.8, 4) is 0 Å². The first-order chi connectivity index (χ1) is 6.45. The summed E-state index contributed by atoms with van der Waals surface area (Å²) in [5.74, 6) is 0.785. The maximum Gasteiger partial charge on any atom is 0.179 e. The summed E-state index contributed by atoms with van der Waals surface area (Å²) < 4.78 is 2.15. The van der Waals surface area contributed by atoms with Crippen LogP contribution in [0.5, 0.6) is 0 Å². The zero-order valence-electron chi connectivity index (χ0n) is 7.01. The summed E-state index contributed by atoms with van der Waals surface area (Å²) in [6.07, 6.45) is 6.47. The highest BCUT2D eigenvalue weighted by atomic mass is 15.1. The molecule has 0 unspecified atom stereocenters. The first-order valence-electron chi connectivity index (χ1n) is 4.27. The van der Waals surface area contributed by atoms with Crippen LogP contribution in [0.4, 0.5) is 5.82 Å². The SMILES string of the molecule is C1=Nc2ncnc3ccn(c23)CC1. The Morgan fingerprint density at radius 3 is 3.31 bits per heavy atom. The van der Waals surface area contributed by atoms with Gasteiger partial charge in [0.2, 0.25) is 0 Å². The number of hydrogen-bond acceptors (Lipinski definition) is 3. The second-order valence-electron chi connectivity index (χ2n) is 3.04. The third kappa shape index (κ3) is 0.884. The van der Waals surface area contributed by atoms with Gasteiger partial charge in [-0.1, -0.05) is 0 Å². The molecule has 0 amide bonds. The Labute approximate surface area is 75.0 Å². The summed E-state index contributed by atoms with van der Waals surface area (Å²) in [5, 5.41) is 0. The van der Waals surface area contributed by atoms with Crippen LogP contribution in [0.25, 0.3) is 11.0 Å².